The van der Waals surface area contributed by atoms with E-state index < -0.39 is 6.04 Å². The van der Waals surface area contributed by atoms with E-state index in [0.717, 1.165) is 41.5 Å². The molecule has 1 saturated heterocycles. The number of rotatable bonds is 5. The molecule has 1 aliphatic heterocycles. The predicted octanol–water partition coefficient (Wildman–Crippen LogP) is 2.62. The third-order valence-electron chi connectivity index (χ3n) is 6.03. The smallest absolute Gasteiger partial charge is 0.238 e. The standard InChI is InChI=1S/C23H23N5O/c1-14-8-18(13-26-21(14)12-25)16-4-2-15(3-5-16)9-20(11-24)28-23(29)22-17-6-7-19(10-17)27-22/h2-5,8,13,17,19-20,22,27H,6-7,9-10H2,1H3,(H,28,29)/t17-,19+,20-,22-/m0/s1. The summed E-state index contributed by atoms with van der Waals surface area (Å²) in [4.78, 5) is 16.7. The van der Waals surface area contributed by atoms with Crippen molar-refractivity contribution in [3.63, 3.8) is 0 Å². The molecule has 4 rings (SSSR count). The van der Waals surface area contributed by atoms with E-state index in [0.29, 0.717) is 24.1 Å². The first-order valence-electron chi connectivity index (χ1n) is 9.99. The minimum atomic E-state index is -0.548. The van der Waals surface area contributed by atoms with Crippen LogP contribution in [0.1, 0.15) is 36.1 Å². The Hall–Kier alpha value is -3.22. The molecule has 2 aromatic rings. The lowest BCUT2D eigenvalue weighted by Gasteiger charge is -2.23. The molecule has 1 aromatic carbocycles. The van der Waals surface area contributed by atoms with Crippen LogP contribution in [0.4, 0.5) is 0 Å². The zero-order chi connectivity index (χ0) is 20.4. The third kappa shape index (κ3) is 3.99. The fourth-order valence-corrected chi connectivity index (χ4v) is 4.46. The monoisotopic (exact) mass is 385 g/mol. The van der Waals surface area contributed by atoms with Crippen molar-refractivity contribution in [3.8, 4) is 23.3 Å². The lowest BCUT2D eigenvalue weighted by Crippen LogP contribution is -2.50. The third-order valence-corrected chi connectivity index (χ3v) is 6.03. The van der Waals surface area contributed by atoms with E-state index in [2.05, 4.69) is 27.8 Å². The van der Waals surface area contributed by atoms with Crippen LogP contribution in [0, 0.1) is 35.5 Å². The van der Waals surface area contributed by atoms with Gasteiger partial charge in [0, 0.05) is 24.2 Å². The number of carbonyl (C=O) groups excluding carboxylic acids is 1. The highest BCUT2D eigenvalue weighted by Crippen LogP contribution is 2.35. The summed E-state index contributed by atoms with van der Waals surface area (Å²) in [5.74, 6) is 0.350. The van der Waals surface area contributed by atoms with Gasteiger partial charge in [-0.1, -0.05) is 24.3 Å². The number of nitrogens with one attached hydrogen (secondary N) is 2. The van der Waals surface area contributed by atoms with Crippen LogP contribution in [0.5, 0.6) is 0 Å². The molecule has 2 bridgehead atoms. The van der Waals surface area contributed by atoms with Crippen LogP contribution in [0.15, 0.2) is 36.5 Å². The predicted molar refractivity (Wildman–Crippen MR) is 108 cm³/mol. The van der Waals surface area contributed by atoms with Crippen LogP contribution >= 0.6 is 0 Å². The SMILES string of the molecule is Cc1cc(-c2ccc(C[C@@H](C#N)NC(=O)[C@H]3N[C@@H]4CC[C@H]3C4)cc2)cnc1C#N. The lowest BCUT2D eigenvalue weighted by atomic mass is 9.98. The van der Waals surface area contributed by atoms with Crippen molar-refractivity contribution in [1.82, 2.24) is 15.6 Å². The van der Waals surface area contributed by atoms with Gasteiger partial charge in [0.2, 0.25) is 5.91 Å². The summed E-state index contributed by atoms with van der Waals surface area (Å²) < 4.78 is 0. The van der Waals surface area contributed by atoms with Gasteiger partial charge in [0.05, 0.1) is 12.1 Å². The molecule has 1 saturated carbocycles. The van der Waals surface area contributed by atoms with Crippen LogP contribution in [-0.2, 0) is 11.2 Å². The Morgan fingerprint density at radius 1 is 1.28 bits per heavy atom. The van der Waals surface area contributed by atoms with Crippen LogP contribution in [-0.4, -0.2) is 29.0 Å². The second kappa shape index (κ2) is 8.03. The molecule has 0 spiro atoms. The molecule has 4 atom stereocenters. The molecule has 0 unspecified atom stereocenters. The van der Waals surface area contributed by atoms with Gasteiger partial charge in [-0.3, -0.25) is 4.79 Å². The highest BCUT2D eigenvalue weighted by atomic mass is 16.2. The van der Waals surface area contributed by atoms with Crippen molar-refractivity contribution in [2.75, 3.05) is 0 Å². The average Bonchev–Trinajstić information content (AvgIpc) is 3.37. The summed E-state index contributed by atoms with van der Waals surface area (Å²) in [6.45, 7) is 1.87. The second-order valence-corrected chi connectivity index (χ2v) is 8.01. The normalized spacial score (nSPS) is 23.2. The molecule has 6 heteroatoms. The van der Waals surface area contributed by atoms with Gasteiger partial charge in [0.15, 0.2) is 0 Å². The van der Waals surface area contributed by atoms with Gasteiger partial charge < -0.3 is 10.6 Å². The fraction of sp³-hybridized carbons (Fsp3) is 0.391. The van der Waals surface area contributed by atoms with Crippen molar-refractivity contribution >= 4 is 5.91 Å². The molecule has 2 N–H and O–H groups in total. The molecular formula is C23H23N5O. The molecular weight excluding hydrogens is 362 g/mol. The van der Waals surface area contributed by atoms with Crippen LogP contribution in [0.2, 0.25) is 0 Å². The maximum atomic E-state index is 12.6. The van der Waals surface area contributed by atoms with E-state index in [-0.39, 0.29) is 11.9 Å². The summed E-state index contributed by atoms with van der Waals surface area (Å²) in [5.41, 5.74) is 4.21. The summed E-state index contributed by atoms with van der Waals surface area (Å²) >= 11 is 0. The minimum absolute atomic E-state index is 0.0560. The first kappa shape index (κ1) is 19.1. The van der Waals surface area contributed by atoms with Crippen molar-refractivity contribution in [3.05, 3.63) is 53.3 Å². The average molecular weight is 385 g/mol. The van der Waals surface area contributed by atoms with E-state index in [1.54, 1.807) is 6.20 Å². The van der Waals surface area contributed by atoms with Crippen molar-refractivity contribution in [2.45, 2.75) is 50.7 Å². The largest absolute Gasteiger partial charge is 0.339 e. The van der Waals surface area contributed by atoms with E-state index in [9.17, 15) is 10.1 Å². The fourth-order valence-electron chi connectivity index (χ4n) is 4.46. The number of piperidine rings is 1. The van der Waals surface area contributed by atoms with E-state index in [4.69, 9.17) is 5.26 Å². The topological polar surface area (TPSA) is 102 Å². The van der Waals surface area contributed by atoms with Crippen LogP contribution < -0.4 is 10.6 Å². The van der Waals surface area contributed by atoms with Gasteiger partial charge in [-0.05, 0) is 54.9 Å². The number of nitriles is 2. The van der Waals surface area contributed by atoms with Crippen molar-refractivity contribution in [2.24, 2.45) is 5.92 Å². The Bertz CT molecular complexity index is 1000. The molecule has 1 amide bonds. The van der Waals surface area contributed by atoms with Gasteiger partial charge in [-0.2, -0.15) is 10.5 Å². The number of hydrogen-bond donors (Lipinski definition) is 2. The molecule has 1 aliphatic carbocycles. The lowest BCUT2D eigenvalue weighted by molar-refractivity contribution is -0.124. The molecule has 1 aromatic heterocycles. The highest BCUT2D eigenvalue weighted by Gasteiger charge is 2.43. The van der Waals surface area contributed by atoms with Gasteiger partial charge in [0.1, 0.15) is 17.8 Å². The quantitative estimate of drug-likeness (QED) is 0.824. The number of hydrogen-bond acceptors (Lipinski definition) is 5. The Balaban J connectivity index is 1.39. The van der Waals surface area contributed by atoms with E-state index in [1.165, 1.54) is 0 Å². The number of benzene rings is 1. The Morgan fingerprint density at radius 3 is 2.66 bits per heavy atom. The molecule has 2 fully saturated rings. The van der Waals surface area contributed by atoms with Gasteiger partial charge in [-0.25, -0.2) is 4.98 Å². The molecule has 6 nitrogen and oxygen atoms in total. The van der Waals surface area contributed by atoms with Crippen LogP contribution in [0.3, 0.4) is 0 Å². The molecule has 146 valence electrons. The molecule has 0 radical (unpaired) electrons. The highest BCUT2D eigenvalue weighted by molar-refractivity contribution is 5.83. The maximum absolute atomic E-state index is 12.6. The zero-order valence-corrected chi connectivity index (χ0v) is 16.4. The summed E-state index contributed by atoms with van der Waals surface area (Å²) in [7, 11) is 0. The first-order chi connectivity index (χ1) is 14.1. The van der Waals surface area contributed by atoms with Crippen molar-refractivity contribution in [1.29, 1.82) is 10.5 Å². The number of pyridine rings is 1. The maximum Gasteiger partial charge on any atom is 0.238 e. The zero-order valence-electron chi connectivity index (χ0n) is 16.4. The summed E-state index contributed by atoms with van der Waals surface area (Å²) in [5, 5.41) is 24.8. The number of nitrogens with zero attached hydrogens (tertiary/aromatic N) is 3. The minimum Gasteiger partial charge on any atom is -0.339 e. The molecule has 2 aliphatic rings. The Labute approximate surface area is 170 Å². The number of amides is 1. The molecule has 29 heavy (non-hydrogen) atoms. The van der Waals surface area contributed by atoms with Gasteiger partial charge in [-0.15, -0.1) is 0 Å². The van der Waals surface area contributed by atoms with Gasteiger partial charge >= 0.3 is 0 Å². The van der Waals surface area contributed by atoms with Crippen molar-refractivity contribution < 1.29 is 4.79 Å². The Kier molecular flexibility index (Phi) is 5.29. The number of aryl methyl sites for hydroxylation is 1. The van der Waals surface area contributed by atoms with Gasteiger partial charge in [0.25, 0.3) is 0 Å². The first-order valence-corrected chi connectivity index (χ1v) is 9.99. The number of aromatic nitrogens is 1. The summed E-state index contributed by atoms with van der Waals surface area (Å²) in [6, 6.07) is 13.9. The molecule has 2 heterocycles. The van der Waals surface area contributed by atoms with E-state index >= 15 is 0 Å². The number of carbonyl (C=O) groups is 1. The second-order valence-electron chi connectivity index (χ2n) is 8.01. The number of fused-ring (bicyclic) bond motifs is 2. The Morgan fingerprint density at radius 2 is 2.07 bits per heavy atom. The van der Waals surface area contributed by atoms with Crippen LogP contribution in [0.25, 0.3) is 11.1 Å². The van der Waals surface area contributed by atoms with E-state index in [1.807, 2.05) is 37.3 Å². The summed E-state index contributed by atoms with van der Waals surface area (Å²) in [6.07, 6.45) is 5.48.